The molecule has 0 radical (unpaired) electrons. The van der Waals surface area contributed by atoms with Crippen LogP contribution in [0, 0.1) is 0 Å². The van der Waals surface area contributed by atoms with Gasteiger partial charge in [0, 0.05) is 19.3 Å². The first-order valence-electron chi connectivity index (χ1n) is 10.2. The number of benzene rings is 1. The molecule has 1 unspecified atom stereocenters. The zero-order valence-corrected chi connectivity index (χ0v) is 17.8. The number of aromatic nitrogens is 3. The molecular weight excluding hydrogens is 362 g/mol. The minimum Gasteiger partial charge on any atom is -0.357 e. The number of aliphatic imine (C=N–C) groups is 1. The van der Waals surface area contributed by atoms with Crippen LogP contribution in [0.2, 0.25) is 0 Å². The van der Waals surface area contributed by atoms with Crippen LogP contribution < -0.4 is 10.6 Å². The molecule has 29 heavy (non-hydrogen) atoms. The fraction of sp³-hybridized carbons (Fsp3) is 0.409. The van der Waals surface area contributed by atoms with Gasteiger partial charge < -0.3 is 15.5 Å². The molecule has 3 rings (SSSR count). The normalized spacial score (nSPS) is 13.1. The first-order valence-corrected chi connectivity index (χ1v) is 10.2. The summed E-state index contributed by atoms with van der Waals surface area (Å²) in [6, 6.07) is 15.0. The van der Waals surface area contributed by atoms with E-state index in [1.165, 1.54) is 11.1 Å². The van der Waals surface area contributed by atoms with Gasteiger partial charge in [-0.25, -0.2) is 4.99 Å². The van der Waals surface area contributed by atoms with Crippen molar-refractivity contribution in [3.05, 3.63) is 65.6 Å². The van der Waals surface area contributed by atoms with Crippen LogP contribution in [0.3, 0.4) is 0 Å². The van der Waals surface area contributed by atoms with Gasteiger partial charge in [-0.2, -0.15) is 0 Å². The Bertz CT molecular complexity index is 928. The van der Waals surface area contributed by atoms with Crippen LogP contribution in [-0.2, 0) is 13.0 Å². The second-order valence-corrected chi connectivity index (χ2v) is 7.20. The second kappa shape index (κ2) is 10.0. The monoisotopic (exact) mass is 393 g/mol. The highest BCUT2D eigenvalue weighted by Gasteiger charge is 2.15. The van der Waals surface area contributed by atoms with Crippen LogP contribution in [0.4, 0.5) is 0 Å². The molecule has 2 heterocycles. The third-order valence-electron chi connectivity index (χ3n) is 4.97. The molecule has 0 bridgehead atoms. The molecule has 154 valence electrons. The molecule has 1 atom stereocenters. The predicted octanol–water partition coefficient (Wildman–Crippen LogP) is 2.65. The quantitative estimate of drug-likeness (QED) is 0.455. The molecule has 2 N–H and O–H groups in total. The maximum atomic E-state index is 4.71. The average molecular weight is 394 g/mol. The molecule has 0 saturated carbocycles. The van der Waals surface area contributed by atoms with Gasteiger partial charge in [-0.3, -0.25) is 4.40 Å². The van der Waals surface area contributed by atoms with E-state index < -0.39 is 0 Å². The van der Waals surface area contributed by atoms with Gasteiger partial charge in [0.15, 0.2) is 17.4 Å². The molecule has 1 aromatic carbocycles. The highest BCUT2D eigenvalue weighted by atomic mass is 15.3. The number of rotatable bonds is 8. The summed E-state index contributed by atoms with van der Waals surface area (Å²) in [5, 5.41) is 15.2. The summed E-state index contributed by atoms with van der Waals surface area (Å²) in [7, 11) is 4.21. The van der Waals surface area contributed by atoms with Gasteiger partial charge in [0.2, 0.25) is 0 Å². The third-order valence-corrected chi connectivity index (χ3v) is 4.97. The number of pyridine rings is 1. The fourth-order valence-electron chi connectivity index (χ4n) is 3.26. The minimum atomic E-state index is 0.249. The van der Waals surface area contributed by atoms with Crippen molar-refractivity contribution in [2.75, 3.05) is 27.2 Å². The lowest BCUT2D eigenvalue weighted by Gasteiger charge is -2.26. The summed E-state index contributed by atoms with van der Waals surface area (Å²) in [5.41, 5.74) is 3.48. The molecule has 3 aromatic rings. The lowest BCUT2D eigenvalue weighted by Crippen LogP contribution is -2.41. The molecule has 0 aliphatic rings. The number of hydrogen-bond donors (Lipinski definition) is 2. The number of aryl methyl sites for hydroxylation is 1. The number of nitrogens with zero attached hydrogens (tertiary/aromatic N) is 5. The van der Waals surface area contributed by atoms with Crippen molar-refractivity contribution in [2.24, 2.45) is 4.99 Å². The Morgan fingerprint density at radius 1 is 1.07 bits per heavy atom. The number of hydrogen-bond acceptors (Lipinski definition) is 4. The molecule has 0 fully saturated rings. The van der Waals surface area contributed by atoms with Gasteiger partial charge in [-0.1, -0.05) is 37.3 Å². The van der Waals surface area contributed by atoms with Crippen LogP contribution in [0.25, 0.3) is 5.65 Å². The van der Waals surface area contributed by atoms with Gasteiger partial charge >= 0.3 is 0 Å². The number of likely N-dealkylation sites (N-methyl/N-ethyl adjacent to an activating group) is 1. The second-order valence-electron chi connectivity index (χ2n) is 7.20. The van der Waals surface area contributed by atoms with E-state index in [2.05, 4.69) is 77.9 Å². The van der Waals surface area contributed by atoms with Crippen molar-refractivity contribution in [3.63, 3.8) is 0 Å². The Labute approximate surface area is 172 Å². The van der Waals surface area contributed by atoms with Gasteiger partial charge in [0.1, 0.15) is 6.54 Å². The Kier molecular flexibility index (Phi) is 7.19. The lowest BCUT2D eigenvalue weighted by atomic mass is 10.0. The Balaban J connectivity index is 1.70. The molecule has 0 aliphatic carbocycles. The standard InChI is InChI=1S/C22H31N7/c1-5-17-10-12-18(13-11-17)19(28(3)4)15-24-22(23-6-2)25-16-21-27-26-20-9-7-8-14-29(20)21/h7-14,19H,5-6,15-16H2,1-4H3,(H2,23,24,25). The predicted molar refractivity (Wildman–Crippen MR) is 118 cm³/mol. The van der Waals surface area contributed by atoms with E-state index >= 15 is 0 Å². The maximum absolute atomic E-state index is 4.71. The first kappa shape index (κ1) is 20.8. The number of fused-ring (bicyclic) bond motifs is 1. The zero-order chi connectivity index (χ0) is 20.6. The van der Waals surface area contributed by atoms with E-state index in [1.54, 1.807) is 0 Å². The van der Waals surface area contributed by atoms with Gasteiger partial charge in [-0.05, 0) is 50.7 Å². The molecular formula is C22H31N7. The van der Waals surface area contributed by atoms with Crippen molar-refractivity contribution in [2.45, 2.75) is 32.9 Å². The number of guanidine groups is 1. The van der Waals surface area contributed by atoms with E-state index in [4.69, 9.17) is 4.99 Å². The van der Waals surface area contributed by atoms with E-state index in [-0.39, 0.29) is 6.04 Å². The van der Waals surface area contributed by atoms with Crippen LogP contribution in [0.15, 0.2) is 53.7 Å². The SMILES string of the molecule is CCNC(=NCc1nnc2ccccn12)NCC(c1ccc(CC)cc1)N(C)C. The van der Waals surface area contributed by atoms with Crippen LogP contribution in [-0.4, -0.2) is 52.6 Å². The topological polar surface area (TPSA) is 69.8 Å². The molecule has 2 aromatic heterocycles. The number of nitrogens with one attached hydrogen (secondary N) is 2. The average Bonchev–Trinajstić information content (AvgIpc) is 3.15. The van der Waals surface area contributed by atoms with Crippen LogP contribution in [0.1, 0.15) is 36.8 Å². The molecule has 7 nitrogen and oxygen atoms in total. The third kappa shape index (κ3) is 5.32. The van der Waals surface area contributed by atoms with Crippen LogP contribution >= 0.6 is 0 Å². The molecule has 0 aliphatic heterocycles. The summed E-state index contributed by atoms with van der Waals surface area (Å²) in [6.45, 7) is 6.25. The van der Waals surface area contributed by atoms with Gasteiger partial charge in [0.25, 0.3) is 0 Å². The van der Waals surface area contributed by atoms with Gasteiger partial charge in [0.05, 0.1) is 6.04 Å². The van der Waals surface area contributed by atoms with Crippen molar-refractivity contribution >= 4 is 11.6 Å². The van der Waals surface area contributed by atoms with E-state index in [1.807, 2.05) is 28.8 Å². The summed E-state index contributed by atoms with van der Waals surface area (Å²) in [6.07, 6.45) is 3.02. The van der Waals surface area contributed by atoms with Crippen molar-refractivity contribution in [1.82, 2.24) is 30.1 Å². The Hall–Kier alpha value is -2.93. The minimum absolute atomic E-state index is 0.249. The fourth-order valence-corrected chi connectivity index (χ4v) is 3.26. The van der Waals surface area contributed by atoms with E-state index in [0.717, 1.165) is 36.9 Å². The highest BCUT2D eigenvalue weighted by Crippen LogP contribution is 2.18. The van der Waals surface area contributed by atoms with Crippen molar-refractivity contribution in [3.8, 4) is 0 Å². The smallest absolute Gasteiger partial charge is 0.191 e. The summed E-state index contributed by atoms with van der Waals surface area (Å²) < 4.78 is 1.96. The summed E-state index contributed by atoms with van der Waals surface area (Å²) in [4.78, 5) is 6.94. The lowest BCUT2D eigenvalue weighted by molar-refractivity contribution is 0.298. The first-order chi connectivity index (χ1) is 14.1. The Morgan fingerprint density at radius 2 is 1.86 bits per heavy atom. The zero-order valence-electron chi connectivity index (χ0n) is 17.8. The molecule has 0 spiro atoms. The Morgan fingerprint density at radius 3 is 2.55 bits per heavy atom. The van der Waals surface area contributed by atoms with Crippen LogP contribution in [0.5, 0.6) is 0 Å². The largest absolute Gasteiger partial charge is 0.357 e. The highest BCUT2D eigenvalue weighted by molar-refractivity contribution is 5.79. The summed E-state index contributed by atoms with van der Waals surface area (Å²) in [5.74, 6) is 1.59. The maximum Gasteiger partial charge on any atom is 0.191 e. The van der Waals surface area contributed by atoms with Gasteiger partial charge in [-0.15, -0.1) is 10.2 Å². The van der Waals surface area contributed by atoms with Crippen molar-refractivity contribution in [1.29, 1.82) is 0 Å². The molecule has 0 saturated heterocycles. The van der Waals surface area contributed by atoms with Crippen molar-refractivity contribution < 1.29 is 0 Å². The molecule has 7 heteroatoms. The van der Waals surface area contributed by atoms with E-state index in [9.17, 15) is 0 Å². The van der Waals surface area contributed by atoms with E-state index in [0.29, 0.717) is 6.54 Å². The summed E-state index contributed by atoms with van der Waals surface area (Å²) >= 11 is 0. The molecule has 0 amide bonds.